The number of hydrogen-bond donors (Lipinski definition) is 0. The highest BCUT2D eigenvalue weighted by Crippen LogP contribution is 2.53. The molecule has 0 aromatic heterocycles. The molecule has 1 aromatic carbocycles. The van der Waals surface area contributed by atoms with Crippen molar-refractivity contribution in [3.8, 4) is 11.5 Å². The summed E-state index contributed by atoms with van der Waals surface area (Å²) in [4.78, 5) is 10.6. The zero-order chi connectivity index (χ0) is 15.1. The van der Waals surface area contributed by atoms with Gasteiger partial charge in [-0.05, 0) is 34.8 Å². The van der Waals surface area contributed by atoms with Crippen molar-refractivity contribution >= 4 is 6.47 Å². The van der Waals surface area contributed by atoms with Gasteiger partial charge in [0.25, 0.3) is 6.47 Å². The van der Waals surface area contributed by atoms with E-state index in [2.05, 4.69) is 34.6 Å². The standard InChI is InChI=1S/C17H24O3/c1-11-9-16(2,3)15-13(17(11,4)5)7-12(20-10-18)8-14(15)19-6/h7-8,10-11H,9H2,1-6H3. The minimum absolute atomic E-state index is 0.0282. The summed E-state index contributed by atoms with van der Waals surface area (Å²) in [5, 5.41) is 0. The predicted molar refractivity (Wildman–Crippen MR) is 79.5 cm³/mol. The molecule has 0 amide bonds. The maximum atomic E-state index is 10.6. The van der Waals surface area contributed by atoms with Gasteiger partial charge in [0.2, 0.25) is 0 Å². The number of hydrogen-bond acceptors (Lipinski definition) is 3. The fraction of sp³-hybridized carbons (Fsp3) is 0.588. The first-order valence-corrected chi connectivity index (χ1v) is 7.07. The van der Waals surface area contributed by atoms with Crippen LogP contribution in [0, 0.1) is 5.92 Å². The molecule has 0 saturated carbocycles. The van der Waals surface area contributed by atoms with Gasteiger partial charge in [-0.2, -0.15) is 0 Å². The summed E-state index contributed by atoms with van der Waals surface area (Å²) >= 11 is 0. The highest BCUT2D eigenvalue weighted by molar-refractivity contribution is 5.57. The Morgan fingerprint density at radius 1 is 1.25 bits per heavy atom. The van der Waals surface area contributed by atoms with Gasteiger partial charge in [-0.3, -0.25) is 4.79 Å². The van der Waals surface area contributed by atoms with Crippen LogP contribution in [-0.4, -0.2) is 13.6 Å². The van der Waals surface area contributed by atoms with E-state index >= 15 is 0 Å². The molecule has 1 aliphatic carbocycles. The molecule has 3 heteroatoms. The van der Waals surface area contributed by atoms with Crippen LogP contribution in [0.15, 0.2) is 12.1 Å². The molecule has 0 aliphatic heterocycles. The second-order valence-corrected chi connectivity index (χ2v) is 6.97. The Hall–Kier alpha value is -1.51. The number of fused-ring (bicyclic) bond motifs is 1. The Balaban J connectivity index is 2.74. The molecular formula is C17H24O3. The third-order valence-corrected chi connectivity index (χ3v) is 4.90. The second-order valence-electron chi connectivity index (χ2n) is 6.97. The van der Waals surface area contributed by atoms with Crippen molar-refractivity contribution in [2.45, 2.75) is 51.9 Å². The summed E-state index contributed by atoms with van der Waals surface area (Å²) in [7, 11) is 1.67. The van der Waals surface area contributed by atoms with Gasteiger partial charge in [-0.15, -0.1) is 0 Å². The SMILES string of the molecule is COc1cc(OC=O)cc2c1C(C)(C)CC(C)C2(C)C. The van der Waals surface area contributed by atoms with Gasteiger partial charge in [-0.25, -0.2) is 0 Å². The highest BCUT2D eigenvalue weighted by atomic mass is 16.5. The quantitative estimate of drug-likeness (QED) is 0.787. The fourth-order valence-electron chi connectivity index (χ4n) is 3.47. The van der Waals surface area contributed by atoms with Gasteiger partial charge in [0.15, 0.2) is 0 Å². The van der Waals surface area contributed by atoms with Crippen molar-refractivity contribution in [3.63, 3.8) is 0 Å². The minimum atomic E-state index is 0.0282. The van der Waals surface area contributed by atoms with E-state index in [1.165, 1.54) is 11.1 Å². The van der Waals surface area contributed by atoms with Crippen molar-refractivity contribution in [1.29, 1.82) is 0 Å². The molecule has 1 aliphatic rings. The molecule has 0 heterocycles. The van der Waals surface area contributed by atoms with Crippen LogP contribution in [0.25, 0.3) is 0 Å². The molecule has 0 spiro atoms. The first kappa shape index (κ1) is 14.9. The van der Waals surface area contributed by atoms with Gasteiger partial charge in [-0.1, -0.05) is 34.6 Å². The first-order chi connectivity index (χ1) is 9.24. The lowest BCUT2D eigenvalue weighted by atomic mass is 9.58. The Morgan fingerprint density at radius 3 is 2.45 bits per heavy atom. The predicted octanol–water partition coefficient (Wildman–Crippen LogP) is 3.83. The van der Waals surface area contributed by atoms with Crippen LogP contribution >= 0.6 is 0 Å². The van der Waals surface area contributed by atoms with Crippen LogP contribution in [-0.2, 0) is 15.6 Å². The molecule has 1 aromatic rings. The van der Waals surface area contributed by atoms with Gasteiger partial charge in [0.05, 0.1) is 7.11 Å². The maximum Gasteiger partial charge on any atom is 0.298 e. The summed E-state index contributed by atoms with van der Waals surface area (Å²) in [5.74, 6) is 1.90. The molecule has 0 radical (unpaired) electrons. The Kier molecular flexibility index (Phi) is 3.57. The number of methoxy groups -OCH3 is 1. The summed E-state index contributed by atoms with van der Waals surface area (Å²) in [5.41, 5.74) is 2.54. The van der Waals surface area contributed by atoms with Crippen LogP contribution in [0.2, 0.25) is 0 Å². The van der Waals surface area contributed by atoms with E-state index in [9.17, 15) is 4.79 Å². The fourth-order valence-corrected chi connectivity index (χ4v) is 3.47. The number of carbonyl (C=O) groups is 1. The average Bonchev–Trinajstić information content (AvgIpc) is 2.35. The zero-order valence-electron chi connectivity index (χ0n) is 13.2. The van der Waals surface area contributed by atoms with Crippen LogP contribution < -0.4 is 9.47 Å². The van der Waals surface area contributed by atoms with E-state index < -0.39 is 0 Å². The Labute approximate surface area is 121 Å². The lowest BCUT2D eigenvalue weighted by molar-refractivity contribution is -0.120. The molecule has 0 N–H and O–H groups in total. The minimum Gasteiger partial charge on any atom is -0.496 e. The van der Waals surface area contributed by atoms with Gasteiger partial charge in [0, 0.05) is 11.6 Å². The number of rotatable bonds is 3. The summed E-state index contributed by atoms with van der Waals surface area (Å²) in [6.45, 7) is 11.7. The highest BCUT2D eigenvalue weighted by Gasteiger charge is 2.44. The van der Waals surface area contributed by atoms with Gasteiger partial charge >= 0.3 is 0 Å². The number of ether oxygens (including phenoxy) is 2. The van der Waals surface area contributed by atoms with Crippen LogP contribution in [0.4, 0.5) is 0 Å². The topological polar surface area (TPSA) is 35.5 Å². The second kappa shape index (κ2) is 4.80. The van der Waals surface area contributed by atoms with E-state index in [4.69, 9.17) is 9.47 Å². The molecule has 0 bridgehead atoms. The average molecular weight is 276 g/mol. The van der Waals surface area contributed by atoms with Crippen molar-refractivity contribution in [2.24, 2.45) is 5.92 Å². The van der Waals surface area contributed by atoms with Crippen molar-refractivity contribution in [3.05, 3.63) is 23.3 Å². The van der Waals surface area contributed by atoms with E-state index in [0.717, 1.165) is 12.2 Å². The summed E-state index contributed by atoms with van der Waals surface area (Å²) in [6.07, 6.45) is 1.11. The van der Waals surface area contributed by atoms with Crippen LogP contribution in [0.1, 0.15) is 52.2 Å². The van der Waals surface area contributed by atoms with Crippen molar-refractivity contribution in [2.75, 3.05) is 7.11 Å². The summed E-state index contributed by atoms with van der Waals surface area (Å²) in [6, 6.07) is 3.80. The molecule has 0 fully saturated rings. The monoisotopic (exact) mass is 276 g/mol. The lowest BCUT2D eigenvalue weighted by Gasteiger charge is -2.47. The van der Waals surface area contributed by atoms with Crippen LogP contribution in [0.5, 0.6) is 11.5 Å². The molecule has 110 valence electrons. The summed E-state index contributed by atoms with van der Waals surface area (Å²) < 4.78 is 10.6. The van der Waals surface area contributed by atoms with E-state index in [1.54, 1.807) is 13.2 Å². The van der Waals surface area contributed by atoms with Gasteiger partial charge < -0.3 is 9.47 Å². The van der Waals surface area contributed by atoms with Crippen LogP contribution in [0.3, 0.4) is 0 Å². The normalized spacial score (nSPS) is 22.8. The Bertz CT molecular complexity index is 529. The number of benzene rings is 1. The molecule has 1 unspecified atom stereocenters. The van der Waals surface area contributed by atoms with Gasteiger partial charge in [0.1, 0.15) is 11.5 Å². The van der Waals surface area contributed by atoms with E-state index in [0.29, 0.717) is 18.1 Å². The maximum absolute atomic E-state index is 10.6. The van der Waals surface area contributed by atoms with E-state index in [1.807, 2.05) is 6.07 Å². The Morgan fingerprint density at radius 2 is 1.90 bits per heavy atom. The third kappa shape index (κ3) is 2.19. The largest absolute Gasteiger partial charge is 0.496 e. The molecule has 3 nitrogen and oxygen atoms in total. The van der Waals surface area contributed by atoms with Crippen molar-refractivity contribution in [1.82, 2.24) is 0 Å². The molecule has 20 heavy (non-hydrogen) atoms. The number of carbonyl (C=O) groups excluding carboxylic acids is 1. The molecule has 2 rings (SSSR count). The van der Waals surface area contributed by atoms with E-state index in [-0.39, 0.29) is 10.8 Å². The smallest absolute Gasteiger partial charge is 0.298 e. The van der Waals surface area contributed by atoms with Crippen molar-refractivity contribution < 1.29 is 14.3 Å². The zero-order valence-corrected chi connectivity index (χ0v) is 13.2. The molecular weight excluding hydrogens is 252 g/mol. The third-order valence-electron chi connectivity index (χ3n) is 4.90. The molecule has 1 atom stereocenters. The molecule has 0 saturated heterocycles. The first-order valence-electron chi connectivity index (χ1n) is 7.07. The lowest BCUT2D eigenvalue weighted by Crippen LogP contribution is -2.40.